The topological polar surface area (TPSA) is 67.4 Å². The molecule has 1 aromatic heterocycles. The molecule has 0 aliphatic rings. The highest BCUT2D eigenvalue weighted by Crippen LogP contribution is 2.34. The Morgan fingerprint density at radius 3 is 2.60 bits per heavy atom. The highest BCUT2D eigenvalue weighted by Gasteiger charge is 2.32. The van der Waals surface area contributed by atoms with Crippen molar-refractivity contribution in [3.05, 3.63) is 52.3 Å². The standard InChI is InChI=1S/C16H12BrF3N2O3/c1-24-9-3-4-11-12(7-9)22-15(21-11)14(23)8-2-5-13(10(17)6-8)25-16(18,19)20/h2-7,14,23H,1H3,(H,21,22). The Bertz CT molecular complexity index is 911. The molecule has 0 fully saturated rings. The summed E-state index contributed by atoms with van der Waals surface area (Å²) in [5, 5.41) is 10.5. The summed E-state index contributed by atoms with van der Waals surface area (Å²) in [6.07, 6.45) is -5.94. The minimum absolute atomic E-state index is 0.0687. The van der Waals surface area contributed by atoms with E-state index in [4.69, 9.17) is 4.74 Å². The Kier molecular flexibility index (Phi) is 4.61. The zero-order chi connectivity index (χ0) is 18.2. The van der Waals surface area contributed by atoms with Gasteiger partial charge in [-0.05, 0) is 45.8 Å². The Labute approximate surface area is 148 Å². The lowest BCUT2D eigenvalue weighted by atomic mass is 10.1. The molecule has 9 heteroatoms. The van der Waals surface area contributed by atoms with Gasteiger partial charge in [-0.2, -0.15) is 0 Å². The largest absolute Gasteiger partial charge is 0.573 e. The molecular weight excluding hydrogens is 405 g/mol. The fourth-order valence-electron chi connectivity index (χ4n) is 2.31. The molecule has 2 aromatic carbocycles. The average molecular weight is 417 g/mol. The van der Waals surface area contributed by atoms with Gasteiger partial charge in [-0.25, -0.2) is 4.98 Å². The maximum atomic E-state index is 12.3. The monoisotopic (exact) mass is 416 g/mol. The third-order valence-corrected chi connectivity index (χ3v) is 4.08. The van der Waals surface area contributed by atoms with Gasteiger partial charge >= 0.3 is 6.36 Å². The smallest absolute Gasteiger partial charge is 0.497 e. The first-order chi connectivity index (χ1) is 11.8. The van der Waals surface area contributed by atoms with Gasteiger partial charge in [-0.3, -0.25) is 0 Å². The highest BCUT2D eigenvalue weighted by atomic mass is 79.9. The Balaban J connectivity index is 1.90. The molecule has 25 heavy (non-hydrogen) atoms. The van der Waals surface area contributed by atoms with Gasteiger partial charge in [0.2, 0.25) is 0 Å². The Morgan fingerprint density at radius 1 is 1.20 bits per heavy atom. The predicted molar refractivity (Wildman–Crippen MR) is 87.5 cm³/mol. The van der Waals surface area contributed by atoms with E-state index in [1.54, 1.807) is 18.2 Å². The van der Waals surface area contributed by atoms with Crippen LogP contribution in [0.3, 0.4) is 0 Å². The summed E-state index contributed by atoms with van der Waals surface area (Å²) in [6.45, 7) is 0. The number of nitrogens with one attached hydrogen (secondary N) is 1. The summed E-state index contributed by atoms with van der Waals surface area (Å²) in [5.41, 5.74) is 1.66. The van der Waals surface area contributed by atoms with Gasteiger partial charge in [0.05, 0.1) is 22.6 Å². The van der Waals surface area contributed by atoms with Crippen molar-refractivity contribution >= 4 is 27.0 Å². The van der Waals surface area contributed by atoms with Crippen molar-refractivity contribution in [1.82, 2.24) is 9.97 Å². The number of fused-ring (bicyclic) bond motifs is 1. The van der Waals surface area contributed by atoms with E-state index < -0.39 is 18.2 Å². The van der Waals surface area contributed by atoms with Crippen LogP contribution >= 0.6 is 15.9 Å². The van der Waals surface area contributed by atoms with Crippen LogP contribution in [0.4, 0.5) is 13.2 Å². The number of halogens is 4. The number of ether oxygens (including phenoxy) is 2. The fourth-order valence-corrected chi connectivity index (χ4v) is 2.79. The first kappa shape index (κ1) is 17.6. The van der Waals surface area contributed by atoms with Crippen molar-refractivity contribution in [2.75, 3.05) is 7.11 Å². The molecule has 5 nitrogen and oxygen atoms in total. The van der Waals surface area contributed by atoms with Gasteiger partial charge in [0.15, 0.2) is 0 Å². The second-order valence-electron chi connectivity index (χ2n) is 5.15. The van der Waals surface area contributed by atoms with Crippen LogP contribution in [0.5, 0.6) is 11.5 Å². The number of H-pyrrole nitrogens is 1. The van der Waals surface area contributed by atoms with Gasteiger partial charge in [0, 0.05) is 6.07 Å². The van der Waals surface area contributed by atoms with E-state index in [1.807, 2.05) is 0 Å². The number of nitrogens with zero attached hydrogens (tertiary/aromatic N) is 1. The number of hydrogen-bond donors (Lipinski definition) is 2. The van der Waals surface area contributed by atoms with Crippen LogP contribution in [0.1, 0.15) is 17.5 Å². The van der Waals surface area contributed by atoms with Crippen molar-refractivity contribution in [2.24, 2.45) is 0 Å². The Hall–Kier alpha value is -2.26. The molecule has 0 aliphatic heterocycles. The number of aromatic amines is 1. The van der Waals surface area contributed by atoms with Crippen LogP contribution in [0, 0.1) is 0 Å². The van der Waals surface area contributed by atoms with Gasteiger partial charge in [0.25, 0.3) is 0 Å². The van der Waals surface area contributed by atoms with E-state index >= 15 is 0 Å². The minimum Gasteiger partial charge on any atom is -0.497 e. The minimum atomic E-state index is -4.79. The summed E-state index contributed by atoms with van der Waals surface area (Å²) in [6, 6.07) is 9.02. The molecule has 0 radical (unpaired) electrons. The number of aromatic nitrogens is 2. The Morgan fingerprint density at radius 2 is 1.96 bits per heavy atom. The molecular formula is C16H12BrF3N2O3. The summed E-state index contributed by atoms with van der Waals surface area (Å²) < 4.78 is 46.0. The zero-order valence-electron chi connectivity index (χ0n) is 12.8. The molecule has 1 heterocycles. The highest BCUT2D eigenvalue weighted by molar-refractivity contribution is 9.10. The second kappa shape index (κ2) is 6.57. The van der Waals surface area contributed by atoms with Crippen LogP contribution in [-0.2, 0) is 0 Å². The molecule has 132 valence electrons. The summed E-state index contributed by atoms with van der Waals surface area (Å²) in [7, 11) is 1.53. The molecule has 1 unspecified atom stereocenters. The maximum Gasteiger partial charge on any atom is 0.573 e. The first-order valence-corrected chi connectivity index (χ1v) is 7.83. The lowest BCUT2D eigenvalue weighted by molar-refractivity contribution is -0.274. The average Bonchev–Trinajstić information content (AvgIpc) is 2.97. The van der Waals surface area contributed by atoms with E-state index in [9.17, 15) is 18.3 Å². The van der Waals surface area contributed by atoms with E-state index in [-0.39, 0.29) is 10.3 Å². The van der Waals surface area contributed by atoms with Crippen molar-refractivity contribution in [3.8, 4) is 11.5 Å². The van der Waals surface area contributed by atoms with Gasteiger partial charge < -0.3 is 19.6 Å². The number of hydrogen-bond acceptors (Lipinski definition) is 4. The molecule has 2 N–H and O–H groups in total. The third kappa shape index (κ3) is 3.88. The summed E-state index contributed by atoms with van der Waals surface area (Å²) in [5.74, 6) is 0.494. The van der Waals surface area contributed by atoms with Crippen molar-refractivity contribution < 1.29 is 27.8 Å². The number of aliphatic hydroxyl groups is 1. The van der Waals surface area contributed by atoms with Crippen LogP contribution < -0.4 is 9.47 Å². The molecule has 1 atom stereocenters. The molecule has 3 rings (SSSR count). The number of benzene rings is 2. The SMILES string of the molecule is COc1ccc2[nH]c(C(O)c3ccc(OC(F)(F)F)c(Br)c3)nc2c1. The van der Waals surface area contributed by atoms with Gasteiger partial charge in [-0.1, -0.05) is 6.07 Å². The number of rotatable bonds is 4. The zero-order valence-corrected chi connectivity index (χ0v) is 14.4. The number of alkyl halides is 3. The van der Waals surface area contributed by atoms with E-state index in [2.05, 4.69) is 30.6 Å². The molecule has 0 spiro atoms. The van der Waals surface area contributed by atoms with E-state index in [0.29, 0.717) is 22.3 Å². The van der Waals surface area contributed by atoms with Crippen molar-refractivity contribution in [3.63, 3.8) is 0 Å². The lowest BCUT2D eigenvalue weighted by Crippen LogP contribution is -2.17. The van der Waals surface area contributed by atoms with Crippen molar-refractivity contribution in [1.29, 1.82) is 0 Å². The van der Waals surface area contributed by atoms with E-state index in [0.717, 1.165) is 6.07 Å². The number of imidazole rings is 1. The number of aliphatic hydroxyl groups excluding tert-OH is 1. The van der Waals surface area contributed by atoms with Crippen LogP contribution in [0.15, 0.2) is 40.9 Å². The van der Waals surface area contributed by atoms with Crippen LogP contribution in [0.2, 0.25) is 0 Å². The molecule has 0 aliphatic carbocycles. The van der Waals surface area contributed by atoms with E-state index in [1.165, 1.54) is 19.2 Å². The summed E-state index contributed by atoms with van der Waals surface area (Å²) >= 11 is 3.01. The maximum absolute atomic E-state index is 12.3. The van der Waals surface area contributed by atoms with Crippen LogP contribution in [0.25, 0.3) is 11.0 Å². The molecule has 0 saturated heterocycles. The predicted octanol–water partition coefficient (Wildman–Crippen LogP) is 4.31. The fraction of sp³-hybridized carbons (Fsp3) is 0.188. The van der Waals surface area contributed by atoms with Crippen LogP contribution in [-0.4, -0.2) is 28.5 Å². The lowest BCUT2D eigenvalue weighted by Gasteiger charge is -2.13. The van der Waals surface area contributed by atoms with Gasteiger partial charge in [0.1, 0.15) is 23.4 Å². The van der Waals surface area contributed by atoms with Gasteiger partial charge in [-0.15, -0.1) is 13.2 Å². The quantitative estimate of drug-likeness (QED) is 0.664. The molecule has 3 aromatic rings. The molecule has 0 bridgehead atoms. The first-order valence-electron chi connectivity index (χ1n) is 7.04. The molecule has 0 saturated carbocycles. The third-order valence-electron chi connectivity index (χ3n) is 3.46. The second-order valence-corrected chi connectivity index (χ2v) is 6.00. The van der Waals surface area contributed by atoms with Crippen molar-refractivity contribution in [2.45, 2.75) is 12.5 Å². The number of methoxy groups -OCH3 is 1. The summed E-state index contributed by atoms with van der Waals surface area (Å²) in [4.78, 5) is 7.27. The molecule has 0 amide bonds. The normalized spacial score (nSPS) is 13.0.